The van der Waals surface area contributed by atoms with Crippen LogP contribution in [0, 0.1) is 0 Å². The van der Waals surface area contributed by atoms with Crippen molar-refractivity contribution in [3.05, 3.63) is 64.6 Å². The molecule has 138 valence electrons. The van der Waals surface area contributed by atoms with Crippen molar-refractivity contribution in [2.45, 2.75) is 11.7 Å². The average molecular weight is 440 g/mol. The lowest BCUT2D eigenvalue weighted by atomic mass is 10.2. The smallest absolute Gasteiger partial charge is 0.406 e. The molecule has 0 spiro atoms. The first-order chi connectivity index (χ1) is 12.9. The Morgan fingerprint density at radius 2 is 1.85 bits per heavy atom. The second kappa shape index (κ2) is 6.38. The number of H-pyrrole nitrogens is 1. The molecule has 0 saturated carbocycles. The van der Waals surface area contributed by atoms with E-state index in [0.29, 0.717) is 33.3 Å². The van der Waals surface area contributed by atoms with Crippen LogP contribution in [-0.2, 0) is 5.33 Å². The van der Waals surface area contributed by atoms with Gasteiger partial charge < -0.3 is 4.74 Å². The largest absolute Gasteiger partial charge is 0.573 e. The minimum atomic E-state index is -4.77. The number of nitrogens with one attached hydrogen (secondary N) is 1. The Labute approximate surface area is 157 Å². The highest BCUT2D eigenvalue weighted by Crippen LogP contribution is 2.23. The lowest BCUT2D eigenvalue weighted by Gasteiger charge is -2.08. The molecule has 0 amide bonds. The van der Waals surface area contributed by atoms with E-state index in [2.05, 4.69) is 30.9 Å². The Hall–Kier alpha value is -2.88. The highest BCUT2D eigenvalue weighted by Gasteiger charge is 2.31. The summed E-state index contributed by atoms with van der Waals surface area (Å²) in [5, 5.41) is 3.33. The maximum absolute atomic E-state index is 12.9. The Bertz CT molecular complexity index is 1200. The molecule has 0 atom stereocenters. The molecule has 4 aromatic rings. The standard InChI is InChI=1S/C17H10BrF3N4O2/c18-9-13-15-16(26)24(10-5-7-11(8-6-10)27-17(19,20)21)23-25(15)14-4-2-1-3-12(14)22-13/h1-8H,9H2/p+1. The predicted molar refractivity (Wildman–Crippen MR) is 94.2 cm³/mol. The fraction of sp³-hybridized carbons (Fsp3) is 0.118. The number of aromatic amines is 1. The van der Waals surface area contributed by atoms with Crippen LogP contribution in [0.2, 0.25) is 0 Å². The monoisotopic (exact) mass is 439 g/mol. The number of fused-ring (bicyclic) bond motifs is 3. The van der Waals surface area contributed by atoms with Crippen LogP contribution in [0.25, 0.3) is 22.2 Å². The van der Waals surface area contributed by atoms with E-state index in [1.54, 1.807) is 4.52 Å². The molecular weight excluding hydrogens is 429 g/mol. The van der Waals surface area contributed by atoms with Crippen molar-refractivity contribution in [3.8, 4) is 11.4 Å². The third-order valence-electron chi connectivity index (χ3n) is 3.94. The van der Waals surface area contributed by atoms with Gasteiger partial charge in [0, 0.05) is 0 Å². The zero-order chi connectivity index (χ0) is 19.2. The van der Waals surface area contributed by atoms with Crippen LogP contribution in [0.3, 0.4) is 0 Å². The highest BCUT2D eigenvalue weighted by atomic mass is 79.9. The lowest BCUT2D eigenvalue weighted by Crippen LogP contribution is -2.28. The van der Waals surface area contributed by atoms with Crippen molar-refractivity contribution in [2.24, 2.45) is 0 Å². The van der Waals surface area contributed by atoms with Crippen LogP contribution < -0.4 is 14.8 Å². The van der Waals surface area contributed by atoms with Gasteiger partial charge in [0.25, 0.3) is 5.52 Å². The van der Waals surface area contributed by atoms with Gasteiger partial charge in [-0.1, -0.05) is 38.0 Å². The summed E-state index contributed by atoms with van der Waals surface area (Å²) in [6.45, 7) is 0. The molecule has 6 nitrogen and oxygen atoms in total. The summed E-state index contributed by atoms with van der Waals surface area (Å²) in [6, 6.07) is 12.3. The van der Waals surface area contributed by atoms with Gasteiger partial charge >= 0.3 is 11.9 Å². The molecule has 0 aliphatic heterocycles. The molecular formula is C17H11BrF3N4O2+. The molecule has 0 fully saturated rings. The number of aromatic nitrogens is 4. The second-order valence-electron chi connectivity index (χ2n) is 5.65. The zero-order valence-corrected chi connectivity index (χ0v) is 15.1. The van der Waals surface area contributed by atoms with E-state index in [9.17, 15) is 18.0 Å². The summed E-state index contributed by atoms with van der Waals surface area (Å²) in [5.74, 6) is -0.365. The lowest BCUT2D eigenvalue weighted by molar-refractivity contribution is -0.556. The van der Waals surface area contributed by atoms with E-state index < -0.39 is 6.36 Å². The molecule has 2 aromatic carbocycles. The van der Waals surface area contributed by atoms with Crippen molar-refractivity contribution in [2.75, 3.05) is 0 Å². The molecule has 0 aliphatic carbocycles. The fourth-order valence-electron chi connectivity index (χ4n) is 2.83. The summed E-state index contributed by atoms with van der Waals surface area (Å²) in [6.07, 6.45) is -4.77. The van der Waals surface area contributed by atoms with Crippen molar-refractivity contribution in [1.29, 1.82) is 0 Å². The molecule has 0 unspecified atom stereocenters. The van der Waals surface area contributed by atoms with Gasteiger partial charge in [0.2, 0.25) is 0 Å². The van der Waals surface area contributed by atoms with Gasteiger partial charge in [-0.15, -0.1) is 17.7 Å². The summed E-state index contributed by atoms with van der Waals surface area (Å²) >= 11 is 3.34. The maximum Gasteiger partial charge on any atom is 0.573 e. The Kier molecular flexibility index (Phi) is 4.14. The van der Waals surface area contributed by atoms with Crippen LogP contribution in [0.4, 0.5) is 13.2 Å². The van der Waals surface area contributed by atoms with Gasteiger partial charge in [0.1, 0.15) is 17.0 Å². The molecule has 27 heavy (non-hydrogen) atoms. The first-order valence-electron chi connectivity index (χ1n) is 7.74. The fourth-order valence-corrected chi connectivity index (χ4v) is 3.23. The highest BCUT2D eigenvalue weighted by molar-refractivity contribution is 9.08. The number of alkyl halides is 4. The molecule has 10 heteroatoms. The predicted octanol–water partition coefficient (Wildman–Crippen LogP) is 3.25. The summed E-state index contributed by atoms with van der Waals surface area (Å²) < 4.78 is 43.6. The molecule has 0 saturated heterocycles. The number of hydrogen-bond donors (Lipinski definition) is 1. The van der Waals surface area contributed by atoms with Gasteiger partial charge in [0.05, 0.1) is 5.33 Å². The van der Waals surface area contributed by atoms with E-state index in [4.69, 9.17) is 0 Å². The maximum atomic E-state index is 12.9. The number of rotatable bonds is 3. The SMILES string of the molecule is O=c1c2c(CBr)nc3ccccc3[n+]2[nH]n1-c1ccc(OC(F)(F)F)cc1. The molecule has 2 aromatic heterocycles. The summed E-state index contributed by atoms with van der Waals surface area (Å²) in [7, 11) is 0. The molecule has 2 heterocycles. The Morgan fingerprint density at radius 1 is 1.15 bits per heavy atom. The quantitative estimate of drug-likeness (QED) is 0.393. The Morgan fingerprint density at radius 3 is 2.52 bits per heavy atom. The summed E-state index contributed by atoms with van der Waals surface area (Å²) in [5.41, 5.74) is 2.29. The normalized spacial score (nSPS) is 12.0. The number of ether oxygens (including phenoxy) is 1. The zero-order valence-electron chi connectivity index (χ0n) is 13.5. The van der Waals surface area contributed by atoms with Crippen LogP contribution in [-0.4, -0.2) is 21.2 Å². The molecule has 1 N–H and O–H groups in total. The van der Waals surface area contributed by atoms with Gasteiger partial charge in [-0.2, -0.15) is 0 Å². The van der Waals surface area contributed by atoms with Crippen LogP contribution in [0.5, 0.6) is 5.75 Å². The average Bonchev–Trinajstić information content (AvgIpc) is 2.98. The number of benzene rings is 2. The second-order valence-corrected chi connectivity index (χ2v) is 6.21. The first kappa shape index (κ1) is 17.5. The van der Waals surface area contributed by atoms with Crippen molar-refractivity contribution in [3.63, 3.8) is 0 Å². The number of para-hydroxylation sites is 2. The van der Waals surface area contributed by atoms with E-state index in [1.807, 2.05) is 24.3 Å². The van der Waals surface area contributed by atoms with Crippen LogP contribution >= 0.6 is 15.9 Å². The van der Waals surface area contributed by atoms with Crippen molar-refractivity contribution in [1.82, 2.24) is 14.9 Å². The first-order valence-corrected chi connectivity index (χ1v) is 8.86. The third kappa shape index (κ3) is 3.16. The summed E-state index contributed by atoms with van der Waals surface area (Å²) in [4.78, 5) is 17.4. The van der Waals surface area contributed by atoms with Crippen molar-refractivity contribution < 1.29 is 22.4 Å². The van der Waals surface area contributed by atoms with E-state index in [-0.39, 0.29) is 11.3 Å². The van der Waals surface area contributed by atoms with E-state index in [1.165, 1.54) is 16.8 Å². The van der Waals surface area contributed by atoms with Crippen molar-refractivity contribution >= 4 is 32.5 Å². The molecule has 0 radical (unpaired) electrons. The van der Waals surface area contributed by atoms with Crippen LogP contribution in [0.15, 0.2) is 53.3 Å². The molecule has 4 rings (SSSR count). The van der Waals surface area contributed by atoms with Crippen LogP contribution in [0.1, 0.15) is 5.69 Å². The number of nitrogens with zero attached hydrogens (tertiary/aromatic N) is 3. The number of hydrogen-bond acceptors (Lipinski definition) is 3. The minimum Gasteiger partial charge on any atom is -0.406 e. The van der Waals surface area contributed by atoms with Gasteiger partial charge in [-0.05, 0) is 36.4 Å². The number of halogens is 4. The van der Waals surface area contributed by atoms with E-state index in [0.717, 1.165) is 12.1 Å². The molecule has 0 aliphatic rings. The minimum absolute atomic E-state index is 0.348. The topological polar surface area (TPSA) is 64.0 Å². The van der Waals surface area contributed by atoms with E-state index >= 15 is 0 Å². The van der Waals surface area contributed by atoms with Gasteiger partial charge in [-0.25, -0.2) is 9.78 Å². The van der Waals surface area contributed by atoms with Gasteiger partial charge in [-0.3, -0.25) is 0 Å². The van der Waals surface area contributed by atoms with Gasteiger partial charge in [0.15, 0.2) is 11.2 Å². The molecule has 0 bridgehead atoms. The Balaban J connectivity index is 1.89. The third-order valence-corrected chi connectivity index (χ3v) is 4.47.